The molecule has 3 N–H and O–H groups in total. The van der Waals surface area contributed by atoms with Crippen LogP contribution in [0.5, 0.6) is 0 Å². The van der Waals surface area contributed by atoms with Crippen molar-refractivity contribution < 1.29 is 13.2 Å². The number of aromatic nitrogens is 1. The molecular formula is C11H16N4O3S. The van der Waals surface area contributed by atoms with Crippen LogP contribution in [0.2, 0.25) is 0 Å². The summed E-state index contributed by atoms with van der Waals surface area (Å²) in [6, 6.07) is 1.31. The lowest BCUT2D eigenvalue weighted by Crippen LogP contribution is -2.47. The van der Waals surface area contributed by atoms with Gasteiger partial charge in [0.25, 0.3) is 0 Å². The number of nitrogens with zero attached hydrogens (tertiary/aromatic N) is 1. The average molecular weight is 284 g/mol. The second-order valence-corrected chi connectivity index (χ2v) is 5.97. The first-order valence-corrected chi connectivity index (χ1v) is 7.42. The standard InChI is InChI=1S/C11H16N4O3S/c1-12-9-4-5-13-7-10(9)19(17,18)15-8-2-3-11(16)14-6-8/h4-5,7-8,15H,2-3,6H2,1H3,(H,12,13)(H,14,16). The van der Waals surface area contributed by atoms with Gasteiger partial charge in [-0.25, -0.2) is 13.1 Å². The second kappa shape index (κ2) is 5.54. The van der Waals surface area contributed by atoms with Crippen LogP contribution >= 0.6 is 0 Å². The van der Waals surface area contributed by atoms with Crippen LogP contribution in [-0.2, 0) is 14.8 Å². The lowest BCUT2D eigenvalue weighted by molar-refractivity contribution is -0.122. The zero-order chi connectivity index (χ0) is 13.9. The first-order chi connectivity index (χ1) is 9.03. The van der Waals surface area contributed by atoms with Gasteiger partial charge in [0.1, 0.15) is 4.90 Å². The summed E-state index contributed by atoms with van der Waals surface area (Å²) in [5.74, 6) is -0.0484. The molecule has 0 radical (unpaired) electrons. The van der Waals surface area contributed by atoms with E-state index in [0.717, 1.165) is 0 Å². The Morgan fingerprint density at radius 1 is 1.47 bits per heavy atom. The number of amides is 1. The number of sulfonamides is 1. The van der Waals surface area contributed by atoms with Gasteiger partial charge in [-0.3, -0.25) is 9.78 Å². The Labute approximate surface area is 111 Å². The van der Waals surface area contributed by atoms with Crippen molar-refractivity contribution in [2.24, 2.45) is 0 Å². The summed E-state index contributed by atoms with van der Waals surface area (Å²) in [6.07, 6.45) is 3.65. The van der Waals surface area contributed by atoms with Gasteiger partial charge in [0, 0.05) is 38.4 Å². The molecule has 1 aliphatic heterocycles. The summed E-state index contributed by atoms with van der Waals surface area (Å²) in [5.41, 5.74) is 0.488. The Morgan fingerprint density at radius 2 is 2.26 bits per heavy atom. The third-order valence-corrected chi connectivity index (χ3v) is 4.48. The Kier molecular flexibility index (Phi) is 4.01. The zero-order valence-corrected chi connectivity index (χ0v) is 11.3. The van der Waals surface area contributed by atoms with E-state index in [1.807, 2.05) is 0 Å². The molecule has 1 aliphatic rings. The maximum Gasteiger partial charge on any atom is 0.244 e. The van der Waals surface area contributed by atoms with Gasteiger partial charge in [-0.15, -0.1) is 0 Å². The van der Waals surface area contributed by atoms with E-state index in [4.69, 9.17) is 0 Å². The molecular weight excluding hydrogens is 268 g/mol. The molecule has 2 heterocycles. The third kappa shape index (κ3) is 3.21. The Morgan fingerprint density at radius 3 is 2.89 bits per heavy atom. The molecule has 1 aromatic rings. The summed E-state index contributed by atoms with van der Waals surface area (Å²) < 4.78 is 27.1. The molecule has 8 heteroatoms. The molecule has 1 fully saturated rings. The summed E-state index contributed by atoms with van der Waals surface area (Å²) in [4.78, 5) is 15.0. The topological polar surface area (TPSA) is 100 Å². The molecule has 104 valence electrons. The number of rotatable bonds is 4. The molecule has 0 aliphatic carbocycles. The molecule has 1 unspecified atom stereocenters. The van der Waals surface area contributed by atoms with Crippen LogP contribution in [0.1, 0.15) is 12.8 Å². The molecule has 19 heavy (non-hydrogen) atoms. The monoisotopic (exact) mass is 284 g/mol. The van der Waals surface area contributed by atoms with E-state index < -0.39 is 10.0 Å². The first-order valence-electron chi connectivity index (χ1n) is 5.94. The summed E-state index contributed by atoms with van der Waals surface area (Å²) in [6.45, 7) is 0.313. The maximum absolute atomic E-state index is 12.3. The molecule has 1 aromatic heterocycles. The first kappa shape index (κ1) is 13.8. The van der Waals surface area contributed by atoms with Gasteiger partial charge < -0.3 is 10.6 Å². The largest absolute Gasteiger partial charge is 0.387 e. The predicted molar refractivity (Wildman–Crippen MR) is 70.1 cm³/mol. The Balaban J connectivity index is 2.16. The van der Waals surface area contributed by atoms with Gasteiger partial charge >= 0.3 is 0 Å². The van der Waals surface area contributed by atoms with Crippen molar-refractivity contribution in [1.82, 2.24) is 15.0 Å². The SMILES string of the molecule is CNc1ccncc1S(=O)(=O)NC1CCC(=O)NC1. The van der Waals surface area contributed by atoms with E-state index in [0.29, 0.717) is 25.1 Å². The average Bonchev–Trinajstić information content (AvgIpc) is 2.41. The van der Waals surface area contributed by atoms with Crippen LogP contribution < -0.4 is 15.4 Å². The lowest BCUT2D eigenvalue weighted by Gasteiger charge is -2.23. The van der Waals surface area contributed by atoms with Crippen molar-refractivity contribution in [2.75, 3.05) is 18.9 Å². The minimum absolute atomic E-state index is 0.0484. The van der Waals surface area contributed by atoms with Crippen molar-refractivity contribution in [2.45, 2.75) is 23.8 Å². The van der Waals surface area contributed by atoms with Gasteiger partial charge in [-0.05, 0) is 12.5 Å². The normalized spacial score (nSPS) is 19.8. The van der Waals surface area contributed by atoms with E-state index in [9.17, 15) is 13.2 Å². The number of piperidine rings is 1. The van der Waals surface area contributed by atoms with Crippen molar-refractivity contribution in [1.29, 1.82) is 0 Å². The number of carbonyl (C=O) groups is 1. The fraction of sp³-hybridized carbons (Fsp3) is 0.455. The van der Waals surface area contributed by atoms with Gasteiger partial charge in [0.15, 0.2) is 0 Å². The van der Waals surface area contributed by atoms with E-state index in [1.165, 1.54) is 12.4 Å². The highest BCUT2D eigenvalue weighted by atomic mass is 32.2. The number of nitrogens with one attached hydrogen (secondary N) is 3. The summed E-state index contributed by atoms with van der Waals surface area (Å²) in [7, 11) is -2.00. The van der Waals surface area contributed by atoms with Crippen LogP contribution in [0.25, 0.3) is 0 Å². The maximum atomic E-state index is 12.3. The van der Waals surface area contributed by atoms with Gasteiger partial charge in [-0.2, -0.15) is 0 Å². The van der Waals surface area contributed by atoms with Crippen LogP contribution in [0.3, 0.4) is 0 Å². The fourth-order valence-electron chi connectivity index (χ4n) is 1.92. The van der Waals surface area contributed by atoms with E-state index in [2.05, 4.69) is 20.3 Å². The Hall–Kier alpha value is -1.67. The quantitative estimate of drug-likeness (QED) is 0.703. The van der Waals surface area contributed by atoms with E-state index in [-0.39, 0.29) is 16.8 Å². The molecule has 1 saturated heterocycles. The highest BCUT2D eigenvalue weighted by molar-refractivity contribution is 7.89. The fourth-order valence-corrected chi connectivity index (χ4v) is 3.34. The summed E-state index contributed by atoms with van der Waals surface area (Å²) in [5, 5.41) is 5.45. The second-order valence-electron chi connectivity index (χ2n) is 4.28. The van der Waals surface area contributed by atoms with Crippen molar-refractivity contribution in [3.8, 4) is 0 Å². The smallest absolute Gasteiger partial charge is 0.244 e. The number of pyridine rings is 1. The van der Waals surface area contributed by atoms with Crippen molar-refractivity contribution >= 4 is 21.6 Å². The molecule has 2 rings (SSSR count). The number of carbonyl (C=O) groups excluding carboxylic acids is 1. The molecule has 1 amide bonds. The third-order valence-electron chi connectivity index (χ3n) is 2.93. The molecule has 1 atom stereocenters. The number of hydrogen-bond donors (Lipinski definition) is 3. The molecule has 0 saturated carbocycles. The van der Waals surface area contributed by atoms with Crippen LogP contribution in [0, 0.1) is 0 Å². The molecule has 0 spiro atoms. The van der Waals surface area contributed by atoms with Gasteiger partial charge in [-0.1, -0.05) is 0 Å². The Bertz CT molecular complexity index is 563. The predicted octanol–water partition coefficient (Wildman–Crippen LogP) is -0.320. The van der Waals surface area contributed by atoms with Crippen LogP contribution in [0.4, 0.5) is 5.69 Å². The lowest BCUT2D eigenvalue weighted by atomic mass is 10.1. The zero-order valence-electron chi connectivity index (χ0n) is 10.5. The number of hydrogen-bond acceptors (Lipinski definition) is 5. The van der Waals surface area contributed by atoms with Gasteiger partial charge in [0.2, 0.25) is 15.9 Å². The van der Waals surface area contributed by atoms with Crippen molar-refractivity contribution in [3.63, 3.8) is 0 Å². The minimum atomic E-state index is -3.65. The molecule has 7 nitrogen and oxygen atoms in total. The number of anilines is 1. The van der Waals surface area contributed by atoms with Crippen LogP contribution in [0.15, 0.2) is 23.4 Å². The van der Waals surface area contributed by atoms with E-state index >= 15 is 0 Å². The molecule has 0 aromatic carbocycles. The minimum Gasteiger partial charge on any atom is -0.387 e. The van der Waals surface area contributed by atoms with Crippen molar-refractivity contribution in [3.05, 3.63) is 18.5 Å². The highest BCUT2D eigenvalue weighted by Crippen LogP contribution is 2.19. The molecule has 0 bridgehead atoms. The van der Waals surface area contributed by atoms with E-state index in [1.54, 1.807) is 13.1 Å². The highest BCUT2D eigenvalue weighted by Gasteiger charge is 2.25. The summed E-state index contributed by atoms with van der Waals surface area (Å²) >= 11 is 0. The van der Waals surface area contributed by atoms with Crippen LogP contribution in [-0.4, -0.2) is 38.9 Å². The van der Waals surface area contributed by atoms with Gasteiger partial charge in [0.05, 0.1) is 5.69 Å².